The maximum absolute atomic E-state index is 11.5. The molecule has 80 valence electrons. The van der Waals surface area contributed by atoms with E-state index in [9.17, 15) is 9.59 Å². The highest BCUT2D eigenvalue weighted by atomic mass is 16.5. The molecular weight excluding hydrogens is 196 g/mol. The number of amides is 1. The number of carbonyl (C=O) groups excluding carboxylic acids is 2. The molecule has 0 saturated carbocycles. The first-order valence-corrected chi connectivity index (χ1v) is 4.38. The van der Waals surface area contributed by atoms with Gasteiger partial charge in [-0.15, -0.1) is 0 Å². The first-order valence-electron chi connectivity index (χ1n) is 4.38. The smallest absolute Gasteiger partial charge is 0.315 e. The SMILES string of the molecule is COC(=O)CC(=O)N(C)c1cccnc1. The number of aromatic nitrogens is 1. The van der Waals surface area contributed by atoms with Gasteiger partial charge in [-0.25, -0.2) is 0 Å². The van der Waals surface area contributed by atoms with Crippen molar-refractivity contribution in [1.29, 1.82) is 0 Å². The van der Waals surface area contributed by atoms with E-state index in [0.717, 1.165) is 0 Å². The Labute approximate surface area is 87.7 Å². The molecule has 0 aliphatic rings. The lowest BCUT2D eigenvalue weighted by atomic mass is 10.3. The number of methoxy groups -OCH3 is 1. The average Bonchev–Trinajstić information content (AvgIpc) is 2.29. The van der Waals surface area contributed by atoms with Crippen LogP contribution in [-0.2, 0) is 14.3 Å². The third kappa shape index (κ3) is 3.05. The number of esters is 1. The number of ether oxygens (including phenoxy) is 1. The molecule has 0 bridgehead atoms. The highest BCUT2D eigenvalue weighted by molar-refractivity contribution is 6.02. The van der Waals surface area contributed by atoms with Crippen LogP contribution in [0.15, 0.2) is 24.5 Å². The summed E-state index contributed by atoms with van der Waals surface area (Å²) in [4.78, 5) is 27.6. The first-order chi connectivity index (χ1) is 7.15. The van der Waals surface area contributed by atoms with E-state index in [1.54, 1.807) is 31.6 Å². The van der Waals surface area contributed by atoms with Crippen molar-refractivity contribution in [2.24, 2.45) is 0 Å². The van der Waals surface area contributed by atoms with Crippen LogP contribution in [0, 0.1) is 0 Å². The molecule has 15 heavy (non-hydrogen) atoms. The van der Waals surface area contributed by atoms with E-state index in [4.69, 9.17) is 0 Å². The molecular formula is C10H12N2O3. The second-order valence-electron chi connectivity index (χ2n) is 2.92. The summed E-state index contributed by atoms with van der Waals surface area (Å²) in [6.07, 6.45) is 2.90. The zero-order chi connectivity index (χ0) is 11.3. The van der Waals surface area contributed by atoms with Crippen LogP contribution in [0.3, 0.4) is 0 Å². The third-order valence-corrected chi connectivity index (χ3v) is 1.93. The van der Waals surface area contributed by atoms with Crippen LogP contribution in [0.5, 0.6) is 0 Å². The quantitative estimate of drug-likeness (QED) is 0.539. The Balaban J connectivity index is 2.65. The zero-order valence-electron chi connectivity index (χ0n) is 8.64. The highest BCUT2D eigenvalue weighted by Crippen LogP contribution is 2.10. The average molecular weight is 208 g/mol. The minimum absolute atomic E-state index is 0.262. The largest absolute Gasteiger partial charge is 0.469 e. The Kier molecular flexibility index (Phi) is 3.79. The maximum atomic E-state index is 11.5. The molecule has 0 N–H and O–H groups in total. The molecule has 0 aliphatic carbocycles. The number of hydrogen-bond acceptors (Lipinski definition) is 4. The van der Waals surface area contributed by atoms with Gasteiger partial charge < -0.3 is 9.64 Å². The van der Waals surface area contributed by atoms with Crippen molar-refractivity contribution in [1.82, 2.24) is 4.98 Å². The summed E-state index contributed by atoms with van der Waals surface area (Å²) in [6, 6.07) is 3.46. The van der Waals surface area contributed by atoms with Crippen molar-refractivity contribution in [3.05, 3.63) is 24.5 Å². The van der Waals surface area contributed by atoms with Gasteiger partial charge in [-0.1, -0.05) is 0 Å². The second kappa shape index (κ2) is 5.09. The predicted octanol–water partition coefficient (Wildman–Crippen LogP) is 0.607. The van der Waals surface area contributed by atoms with Gasteiger partial charge in [0.2, 0.25) is 5.91 Å². The van der Waals surface area contributed by atoms with Gasteiger partial charge in [-0.3, -0.25) is 14.6 Å². The zero-order valence-corrected chi connectivity index (χ0v) is 8.64. The molecule has 0 saturated heterocycles. The summed E-state index contributed by atoms with van der Waals surface area (Å²) in [7, 11) is 2.84. The lowest BCUT2D eigenvalue weighted by Crippen LogP contribution is -2.28. The molecule has 1 aromatic rings. The van der Waals surface area contributed by atoms with E-state index in [-0.39, 0.29) is 12.3 Å². The fraction of sp³-hybridized carbons (Fsp3) is 0.300. The molecule has 0 aromatic carbocycles. The molecule has 0 atom stereocenters. The van der Waals surface area contributed by atoms with E-state index < -0.39 is 5.97 Å². The Morgan fingerprint density at radius 2 is 2.27 bits per heavy atom. The van der Waals surface area contributed by atoms with Gasteiger partial charge in [0.05, 0.1) is 19.0 Å². The number of anilines is 1. The molecule has 1 amide bonds. The molecule has 1 heterocycles. The van der Waals surface area contributed by atoms with E-state index >= 15 is 0 Å². The minimum atomic E-state index is -0.546. The number of hydrogen-bond donors (Lipinski definition) is 0. The number of carbonyl (C=O) groups is 2. The van der Waals surface area contributed by atoms with E-state index in [0.29, 0.717) is 5.69 Å². The molecule has 1 rings (SSSR count). The molecule has 5 heteroatoms. The third-order valence-electron chi connectivity index (χ3n) is 1.93. The highest BCUT2D eigenvalue weighted by Gasteiger charge is 2.15. The summed E-state index contributed by atoms with van der Waals surface area (Å²) >= 11 is 0. The van der Waals surface area contributed by atoms with Crippen LogP contribution in [0.25, 0.3) is 0 Å². The van der Waals surface area contributed by atoms with Crippen LogP contribution in [0.1, 0.15) is 6.42 Å². The van der Waals surface area contributed by atoms with Crippen LogP contribution >= 0.6 is 0 Å². The van der Waals surface area contributed by atoms with Crippen LogP contribution in [0.4, 0.5) is 5.69 Å². The number of pyridine rings is 1. The van der Waals surface area contributed by atoms with Crippen LogP contribution < -0.4 is 4.90 Å². The Morgan fingerprint density at radius 3 is 2.80 bits per heavy atom. The summed E-state index contributed by atoms with van der Waals surface area (Å²) < 4.78 is 4.40. The Hall–Kier alpha value is -1.91. The molecule has 0 aliphatic heterocycles. The fourth-order valence-corrected chi connectivity index (χ4v) is 1.01. The van der Waals surface area contributed by atoms with Crippen molar-refractivity contribution in [3.8, 4) is 0 Å². The van der Waals surface area contributed by atoms with E-state index in [1.165, 1.54) is 12.0 Å². The van der Waals surface area contributed by atoms with E-state index in [2.05, 4.69) is 9.72 Å². The molecule has 0 fully saturated rings. The maximum Gasteiger partial charge on any atom is 0.315 e. The Morgan fingerprint density at radius 1 is 1.53 bits per heavy atom. The number of nitrogens with zero attached hydrogens (tertiary/aromatic N) is 2. The van der Waals surface area contributed by atoms with Crippen molar-refractivity contribution < 1.29 is 14.3 Å². The lowest BCUT2D eigenvalue weighted by molar-refractivity contribution is -0.143. The summed E-state index contributed by atoms with van der Waals surface area (Å²) in [5.41, 5.74) is 0.645. The van der Waals surface area contributed by atoms with Crippen LogP contribution in [-0.4, -0.2) is 31.0 Å². The first kappa shape index (κ1) is 11.2. The normalized spacial score (nSPS) is 9.47. The summed E-state index contributed by atoms with van der Waals surface area (Å²) in [5, 5.41) is 0. The standard InChI is InChI=1S/C10H12N2O3/c1-12(8-4-3-5-11-7-8)9(13)6-10(14)15-2/h3-5,7H,6H2,1-2H3. The van der Waals surface area contributed by atoms with Gasteiger partial charge in [0.15, 0.2) is 0 Å². The van der Waals surface area contributed by atoms with Gasteiger partial charge in [-0.05, 0) is 12.1 Å². The molecule has 0 spiro atoms. The molecule has 0 radical (unpaired) electrons. The number of rotatable bonds is 3. The second-order valence-corrected chi connectivity index (χ2v) is 2.92. The summed E-state index contributed by atoms with van der Waals surface area (Å²) in [5.74, 6) is -0.870. The topological polar surface area (TPSA) is 59.5 Å². The van der Waals surface area contributed by atoms with Crippen molar-refractivity contribution >= 4 is 17.6 Å². The van der Waals surface area contributed by atoms with Gasteiger partial charge in [0, 0.05) is 13.2 Å². The lowest BCUT2D eigenvalue weighted by Gasteiger charge is -2.15. The molecule has 0 unspecified atom stereocenters. The summed E-state index contributed by atoms with van der Waals surface area (Å²) in [6.45, 7) is 0. The van der Waals surface area contributed by atoms with Gasteiger partial charge in [0.25, 0.3) is 0 Å². The van der Waals surface area contributed by atoms with Gasteiger partial charge in [0.1, 0.15) is 6.42 Å². The predicted molar refractivity (Wildman–Crippen MR) is 54.3 cm³/mol. The van der Waals surface area contributed by atoms with Crippen molar-refractivity contribution in [2.75, 3.05) is 19.1 Å². The van der Waals surface area contributed by atoms with Gasteiger partial charge in [-0.2, -0.15) is 0 Å². The van der Waals surface area contributed by atoms with E-state index in [1.807, 2.05) is 0 Å². The van der Waals surface area contributed by atoms with Crippen molar-refractivity contribution in [2.45, 2.75) is 6.42 Å². The monoisotopic (exact) mass is 208 g/mol. The van der Waals surface area contributed by atoms with Crippen molar-refractivity contribution in [3.63, 3.8) is 0 Å². The fourth-order valence-electron chi connectivity index (χ4n) is 1.01. The molecule has 5 nitrogen and oxygen atoms in total. The Bertz CT molecular complexity index is 351. The van der Waals surface area contributed by atoms with Gasteiger partial charge >= 0.3 is 5.97 Å². The molecule has 1 aromatic heterocycles. The van der Waals surface area contributed by atoms with Crippen LogP contribution in [0.2, 0.25) is 0 Å². The minimum Gasteiger partial charge on any atom is -0.469 e.